The maximum atomic E-state index is 12.8. The predicted molar refractivity (Wildman–Crippen MR) is 95.5 cm³/mol. The zero-order chi connectivity index (χ0) is 17.6. The summed E-state index contributed by atoms with van der Waals surface area (Å²) in [7, 11) is -3.36. The Bertz CT molecular complexity index is 780. The van der Waals surface area contributed by atoms with Crippen LogP contribution in [-0.4, -0.2) is 36.9 Å². The van der Waals surface area contributed by atoms with Crippen molar-refractivity contribution in [2.24, 2.45) is 0 Å². The average molecular weight is 369 g/mol. The Morgan fingerprint density at radius 1 is 1.25 bits per heavy atom. The van der Waals surface area contributed by atoms with Crippen LogP contribution in [0.1, 0.15) is 17.8 Å². The van der Waals surface area contributed by atoms with Gasteiger partial charge in [-0.25, -0.2) is 22.8 Å². The zero-order valence-electron chi connectivity index (χ0n) is 13.6. The van der Waals surface area contributed by atoms with Crippen molar-refractivity contribution in [2.45, 2.75) is 24.0 Å². The molecule has 0 atom stereocenters. The van der Waals surface area contributed by atoms with Crippen molar-refractivity contribution in [2.75, 3.05) is 23.9 Å². The summed E-state index contributed by atoms with van der Waals surface area (Å²) in [4.78, 5) is 8.23. The molecule has 130 valence electrons. The molecule has 0 saturated carbocycles. The fraction of sp³-hybridized carbons (Fsp3) is 0.375. The highest BCUT2D eigenvalue weighted by atomic mass is 32.2. The molecular weight excluding hydrogens is 349 g/mol. The number of rotatable bonds is 8. The van der Waals surface area contributed by atoms with E-state index in [1.165, 1.54) is 18.3 Å². The van der Waals surface area contributed by atoms with Gasteiger partial charge in [-0.2, -0.15) is 11.8 Å². The van der Waals surface area contributed by atoms with Crippen molar-refractivity contribution in [1.82, 2.24) is 9.97 Å². The Hall–Kier alpha value is -1.67. The third-order valence-corrected chi connectivity index (χ3v) is 5.43. The average Bonchev–Trinajstić information content (AvgIpc) is 2.51. The normalized spacial score (nSPS) is 11.5. The molecule has 0 spiro atoms. The van der Waals surface area contributed by atoms with Gasteiger partial charge in [0.25, 0.3) is 0 Å². The van der Waals surface area contributed by atoms with E-state index in [-0.39, 0.29) is 10.7 Å². The second-order valence-corrected chi connectivity index (χ2v) is 8.45. The first-order valence-corrected chi connectivity index (χ1v) is 10.5. The van der Waals surface area contributed by atoms with Crippen LogP contribution in [0.5, 0.6) is 0 Å². The Balaban J connectivity index is 1.78. The van der Waals surface area contributed by atoms with E-state index in [1.54, 1.807) is 30.8 Å². The summed E-state index contributed by atoms with van der Waals surface area (Å²) in [5, 5.41) is 3.07. The molecule has 24 heavy (non-hydrogen) atoms. The van der Waals surface area contributed by atoms with Gasteiger partial charge in [0.15, 0.2) is 9.84 Å². The van der Waals surface area contributed by atoms with Crippen LogP contribution in [0.2, 0.25) is 0 Å². The molecule has 0 aliphatic carbocycles. The number of sulfone groups is 1. The zero-order valence-corrected chi connectivity index (χ0v) is 15.3. The van der Waals surface area contributed by atoms with Gasteiger partial charge < -0.3 is 5.32 Å². The van der Waals surface area contributed by atoms with Crippen molar-refractivity contribution >= 4 is 27.4 Å². The Kier molecular flexibility index (Phi) is 6.56. The lowest BCUT2D eigenvalue weighted by atomic mass is 10.2. The molecule has 0 unspecified atom stereocenters. The molecule has 0 saturated heterocycles. The molecule has 1 aromatic heterocycles. The van der Waals surface area contributed by atoms with Gasteiger partial charge in [0.05, 0.1) is 6.20 Å². The molecule has 8 heteroatoms. The molecule has 0 bridgehead atoms. The summed E-state index contributed by atoms with van der Waals surface area (Å²) in [6.45, 7) is 2.34. The standard InChI is InChI=1S/C16H20FN3O2S2/c1-12-19-10-15(24(2,21)22)16(20-12)18-8-3-9-23-11-13-4-6-14(17)7-5-13/h4-7,10H,3,8-9,11H2,1-2H3,(H,18,19,20). The number of nitrogens with one attached hydrogen (secondary N) is 1. The van der Waals surface area contributed by atoms with Gasteiger partial charge in [0.1, 0.15) is 22.4 Å². The van der Waals surface area contributed by atoms with Crippen molar-refractivity contribution < 1.29 is 12.8 Å². The van der Waals surface area contributed by atoms with E-state index in [0.29, 0.717) is 18.2 Å². The summed E-state index contributed by atoms with van der Waals surface area (Å²) in [6, 6.07) is 6.48. The number of hydrogen-bond acceptors (Lipinski definition) is 6. The quantitative estimate of drug-likeness (QED) is 0.721. The number of nitrogens with zero attached hydrogens (tertiary/aromatic N) is 2. The molecule has 0 fully saturated rings. The third-order valence-electron chi connectivity index (χ3n) is 3.21. The smallest absolute Gasteiger partial charge is 0.180 e. The highest BCUT2D eigenvalue weighted by molar-refractivity contribution is 7.98. The van der Waals surface area contributed by atoms with Gasteiger partial charge in [-0.05, 0) is 36.8 Å². The van der Waals surface area contributed by atoms with Crippen LogP contribution < -0.4 is 5.32 Å². The highest BCUT2D eigenvalue weighted by Gasteiger charge is 2.15. The maximum absolute atomic E-state index is 12.8. The molecular formula is C16H20FN3O2S2. The molecule has 1 heterocycles. The molecule has 1 N–H and O–H groups in total. The monoisotopic (exact) mass is 369 g/mol. The van der Waals surface area contributed by atoms with Crippen LogP contribution in [0, 0.1) is 12.7 Å². The lowest BCUT2D eigenvalue weighted by Gasteiger charge is -2.10. The third kappa shape index (κ3) is 5.76. The first-order chi connectivity index (χ1) is 11.4. The van der Waals surface area contributed by atoms with Gasteiger partial charge in [-0.15, -0.1) is 0 Å². The fourth-order valence-corrected chi connectivity index (χ4v) is 3.64. The molecule has 0 radical (unpaired) electrons. The number of halogens is 1. The number of aromatic nitrogens is 2. The minimum Gasteiger partial charge on any atom is -0.369 e. The fourth-order valence-electron chi connectivity index (χ4n) is 2.01. The van der Waals surface area contributed by atoms with Crippen LogP contribution in [0.15, 0.2) is 35.4 Å². The maximum Gasteiger partial charge on any atom is 0.180 e. The summed E-state index contributed by atoms with van der Waals surface area (Å²) < 4.78 is 36.3. The lowest BCUT2D eigenvalue weighted by Crippen LogP contribution is -2.11. The van der Waals surface area contributed by atoms with Crippen molar-refractivity contribution in [3.63, 3.8) is 0 Å². The van der Waals surface area contributed by atoms with Crippen molar-refractivity contribution in [3.8, 4) is 0 Å². The van der Waals surface area contributed by atoms with E-state index < -0.39 is 9.84 Å². The van der Waals surface area contributed by atoms with E-state index in [9.17, 15) is 12.8 Å². The molecule has 0 amide bonds. The second kappa shape index (κ2) is 8.43. The molecule has 1 aromatic carbocycles. The van der Waals surface area contributed by atoms with Gasteiger partial charge in [-0.1, -0.05) is 12.1 Å². The molecule has 5 nitrogen and oxygen atoms in total. The van der Waals surface area contributed by atoms with E-state index in [2.05, 4.69) is 15.3 Å². The Morgan fingerprint density at radius 2 is 1.96 bits per heavy atom. The highest BCUT2D eigenvalue weighted by Crippen LogP contribution is 2.18. The van der Waals surface area contributed by atoms with Gasteiger partial charge in [0, 0.05) is 18.6 Å². The Labute approximate surface area is 146 Å². The van der Waals surface area contributed by atoms with E-state index in [0.717, 1.165) is 29.7 Å². The van der Waals surface area contributed by atoms with Crippen LogP contribution in [0.25, 0.3) is 0 Å². The second-order valence-electron chi connectivity index (χ2n) is 5.36. The predicted octanol–water partition coefficient (Wildman–Crippen LogP) is 3.06. The number of aryl methyl sites for hydroxylation is 1. The lowest BCUT2D eigenvalue weighted by molar-refractivity contribution is 0.601. The number of benzene rings is 1. The SMILES string of the molecule is Cc1ncc(S(C)(=O)=O)c(NCCCSCc2ccc(F)cc2)n1. The van der Waals surface area contributed by atoms with E-state index in [4.69, 9.17) is 0 Å². The molecule has 2 aromatic rings. The number of thioether (sulfide) groups is 1. The topological polar surface area (TPSA) is 72.0 Å². The van der Waals surface area contributed by atoms with Crippen LogP contribution in [0.3, 0.4) is 0 Å². The van der Waals surface area contributed by atoms with Gasteiger partial charge >= 0.3 is 0 Å². The molecule has 2 rings (SSSR count). The van der Waals surface area contributed by atoms with Crippen molar-refractivity contribution in [3.05, 3.63) is 47.7 Å². The minimum absolute atomic E-state index is 0.118. The molecule has 0 aliphatic heterocycles. The van der Waals surface area contributed by atoms with Crippen LogP contribution >= 0.6 is 11.8 Å². The summed E-state index contributed by atoms with van der Waals surface area (Å²) in [5.74, 6) is 2.38. The number of anilines is 1. The summed E-state index contributed by atoms with van der Waals surface area (Å²) in [5.41, 5.74) is 1.08. The summed E-state index contributed by atoms with van der Waals surface area (Å²) >= 11 is 1.75. The number of hydrogen-bond donors (Lipinski definition) is 1. The van der Waals surface area contributed by atoms with Gasteiger partial charge in [-0.3, -0.25) is 0 Å². The van der Waals surface area contributed by atoms with E-state index in [1.807, 2.05) is 0 Å². The molecule has 0 aliphatic rings. The van der Waals surface area contributed by atoms with Crippen LogP contribution in [-0.2, 0) is 15.6 Å². The first kappa shape index (κ1) is 18.7. The first-order valence-electron chi connectivity index (χ1n) is 7.46. The summed E-state index contributed by atoms with van der Waals surface area (Å²) in [6.07, 6.45) is 3.34. The van der Waals surface area contributed by atoms with Crippen molar-refractivity contribution in [1.29, 1.82) is 0 Å². The van der Waals surface area contributed by atoms with Gasteiger partial charge in [0.2, 0.25) is 0 Å². The van der Waals surface area contributed by atoms with E-state index >= 15 is 0 Å². The van der Waals surface area contributed by atoms with Crippen LogP contribution in [0.4, 0.5) is 10.2 Å². The minimum atomic E-state index is -3.36. The Morgan fingerprint density at radius 3 is 2.62 bits per heavy atom. The largest absolute Gasteiger partial charge is 0.369 e.